The van der Waals surface area contributed by atoms with E-state index in [-0.39, 0.29) is 11.3 Å². The van der Waals surface area contributed by atoms with E-state index in [1.165, 1.54) is 0 Å². The first kappa shape index (κ1) is 18.7. The van der Waals surface area contributed by atoms with Gasteiger partial charge in [-0.25, -0.2) is 4.98 Å². The van der Waals surface area contributed by atoms with Crippen LogP contribution in [0.15, 0.2) is 47.3 Å². The van der Waals surface area contributed by atoms with E-state index >= 15 is 0 Å². The van der Waals surface area contributed by atoms with Crippen LogP contribution < -0.4 is 10.5 Å². The third kappa shape index (κ3) is 3.93. The molecule has 2 heterocycles. The molecule has 1 saturated heterocycles. The zero-order chi connectivity index (χ0) is 19.7. The molecule has 0 amide bonds. The van der Waals surface area contributed by atoms with Crippen molar-refractivity contribution < 1.29 is 4.79 Å². The minimum atomic E-state index is -0.138. The van der Waals surface area contributed by atoms with Gasteiger partial charge < -0.3 is 9.88 Å². The topological polar surface area (TPSA) is 69.3 Å². The predicted molar refractivity (Wildman–Crippen MR) is 111 cm³/mol. The summed E-state index contributed by atoms with van der Waals surface area (Å²) in [7, 11) is 0. The first-order chi connectivity index (χ1) is 13.5. The number of piperazine rings is 1. The number of halogens is 1. The minimum absolute atomic E-state index is 0.0783. The number of nitrogens with zero attached hydrogens (tertiary/aromatic N) is 3. The van der Waals surface area contributed by atoms with Crippen molar-refractivity contribution in [1.82, 2.24) is 14.9 Å². The van der Waals surface area contributed by atoms with Crippen LogP contribution in [0.1, 0.15) is 23.1 Å². The third-order valence-corrected chi connectivity index (χ3v) is 5.34. The summed E-state index contributed by atoms with van der Waals surface area (Å²) in [5, 5.41) is 1.12. The van der Waals surface area contributed by atoms with E-state index in [0.717, 1.165) is 37.4 Å². The first-order valence-corrected chi connectivity index (χ1v) is 9.64. The van der Waals surface area contributed by atoms with Crippen molar-refractivity contribution >= 4 is 34.0 Å². The quantitative estimate of drug-likeness (QED) is 0.686. The Labute approximate surface area is 167 Å². The zero-order valence-electron chi connectivity index (χ0n) is 15.6. The van der Waals surface area contributed by atoms with E-state index in [9.17, 15) is 9.59 Å². The molecule has 1 aliphatic rings. The normalized spacial score (nSPS) is 15.1. The number of anilines is 1. The van der Waals surface area contributed by atoms with Crippen LogP contribution in [0.25, 0.3) is 10.9 Å². The summed E-state index contributed by atoms with van der Waals surface area (Å²) in [5.41, 5.74) is 2.33. The Balaban J connectivity index is 1.42. The molecule has 1 aromatic heterocycles. The fraction of sp³-hybridized carbons (Fsp3) is 0.286. The van der Waals surface area contributed by atoms with Crippen LogP contribution in [-0.2, 0) is 6.54 Å². The Kier molecular flexibility index (Phi) is 5.15. The smallest absolute Gasteiger partial charge is 0.258 e. The van der Waals surface area contributed by atoms with Gasteiger partial charge in [0, 0.05) is 42.5 Å². The molecule has 1 fully saturated rings. The number of carbonyl (C=O) groups is 1. The van der Waals surface area contributed by atoms with Crippen molar-refractivity contribution in [3.05, 3.63) is 69.2 Å². The van der Waals surface area contributed by atoms with E-state index in [2.05, 4.69) is 19.8 Å². The molecule has 144 valence electrons. The molecule has 1 aliphatic heterocycles. The van der Waals surface area contributed by atoms with Crippen molar-refractivity contribution in [3.8, 4) is 0 Å². The Morgan fingerprint density at radius 1 is 1.11 bits per heavy atom. The molecule has 0 spiro atoms. The van der Waals surface area contributed by atoms with E-state index in [1.54, 1.807) is 25.1 Å². The molecule has 1 N–H and O–H groups in total. The minimum Gasteiger partial charge on any atom is -0.369 e. The molecule has 28 heavy (non-hydrogen) atoms. The average molecular weight is 397 g/mol. The van der Waals surface area contributed by atoms with E-state index in [1.807, 2.05) is 24.3 Å². The van der Waals surface area contributed by atoms with Crippen LogP contribution in [0.2, 0.25) is 5.02 Å². The highest BCUT2D eigenvalue weighted by Crippen LogP contribution is 2.19. The van der Waals surface area contributed by atoms with Gasteiger partial charge in [0.05, 0.1) is 17.4 Å². The second kappa shape index (κ2) is 7.73. The number of nitrogens with one attached hydrogen (secondary N) is 1. The molecule has 0 atom stereocenters. The lowest BCUT2D eigenvalue weighted by Crippen LogP contribution is -2.46. The monoisotopic (exact) mass is 396 g/mol. The van der Waals surface area contributed by atoms with Crippen LogP contribution >= 0.6 is 11.6 Å². The largest absolute Gasteiger partial charge is 0.369 e. The Morgan fingerprint density at radius 3 is 2.50 bits per heavy atom. The van der Waals surface area contributed by atoms with Crippen LogP contribution in [-0.4, -0.2) is 46.8 Å². The molecule has 0 unspecified atom stereocenters. The molecular formula is C21H21ClN4O2. The number of benzene rings is 2. The van der Waals surface area contributed by atoms with Crippen LogP contribution in [0.3, 0.4) is 0 Å². The third-order valence-electron chi connectivity index (χ3n) is 5.10. The second-order valence-corrected chi connectivity index (χ2v) is 7.48. The highest BCUT2D eigenvalue weighted by atomic mass is 35.5. The lowest BCUT2D eigenvalue weighted by molar-refractivity contribution is 0.101. The SMILES string of the molecule is CC(=O)c1ccc(N2CCN(Cc3nc4cc(Cl)ccc4c(=O)[nH]3)CC2)cc1. The number of Topliss-reactive ketones (excluding diaryl/α,β-unsaturated/α-hetero) is 1. The van der Waals surface area contributed by atoms with Gasteiger partial charge in [-0.15, -0.1) is 0 Å². The molecule has 0 bridgehead atoms. The van der Waals surface area contributed by atoms with Crippen molar-refractivity contribution in [2.24, 2.45) is 0 Å². The summed E-state index contributed by atoms with van der Waals surface area (Å²) >= 11 is 6.03. The number of H-pyrrole nitrogens is 1. The number of hydrogen-bond donors (Lipinski definition) is 1. The highest BCUT2D eigenvalue weighted by molar-refractivity contribution is 6.31. The maximum Gasteiger partial charge on any atom is 0.258 e. The Bertz CT molecular complexity index is 1070. The number of rotatable bonds is 4. The molecule has 2 aromatic carbocycles. The number of hydrogen-bond acceptors (Lipinski definition) is 5. The number of ketones is 1. The van der Waals surface area contributed by atoms with Crippen molar-refractivity contribution in [3.63, 3.8) is 0 Å². The van der Waals surface area contributed by atoms with Gasteiger partial charge in [-0.1, -0.05) is 11.6 Å². The molecule has 4 rings (SSSR count). The molecule has 0 aliphatic carbocycles. The summed E-state index contributed by atoms with van der Waals surface area (Å²) in [6.45, 7) is 5.66. The zero-order valence-corrected chi connectivity index (χ0v) is 16.4. The van der Waals surface area contributed by atoms with E-state index in [4.69, 9.17) is 11.6 Å². The first-order valence-electron chi connectivity index (χ1n) is 9.26. The van der Waals surface area contributed by atoms with Gasteiger partial charge in [-0.2, -0.15) is 0 Å². The maximum absolute atomic E-state index is 12.3. The van der Waals surface area contributed by atoms with Gasteiger partial charge in [0.25, 0.3) is 5.56 Å². The summed E-state index contributed by atoms with van der Waals surface area (Å²) in [4.78, 5) is 35.7. The van der Waals surface area contributed by atoms with Crippen molar-refractivity contribution in [1.29, 1.82) is 0 Å². The molecular weight excluding hydrogens is 376 g/mol. The number of fused-ring (bicyclic) bond motifs is 1. The fourth-order valence-electron chi connectivity index (χ4n) is 3.52. The molecule has 7 heteroatoms. The standard InChI is InChI=1S/C21H21ClN4O2/c1-14(27)15-2-5-17(6-3-15)26-10-8-25(9-11-26)13-20-23-19-12-16(22)4-7-18(19)21(28)24-20/h2-7,12H,8-11,13H2,1H3,(H,23,24,28). The van der Waals surface area contributed by atoms with Gasteiger partial charge in [-0.05, 0) is 49.4 Å². The Morgan fingerprint density at radius 2 is 1.82 bits per heavy atom. The van der Waals surface area contributed by atoms with E-state index < -0.39 is 0 Å². The summed E-state index contributed by atoms with van der Waals surface area (Å²) in [5.74, 6) is 0.730. The van der Waals surface area contributed by atoms with E-state index in [0.29, 0.717) is 28.3 Å². The lowest BCUT2D eigenvalue weighted by atomic mass is 10.1. The molecule has 0 radical (unpaired) electrons. The fourth-order valence-corrected chi connectivity index (χ4v) is 3.69. The molecule has 6 nitrogen and oxygen atoms in total. The highest BCUT2D eigenvalue weighted by Gasteiger charge is 2.18. The van der Waals surface area contributed by atoms with Gasteiger partial charge in [0.15, 0.2) is 5.78 Å². The number of aromatic nitrogens is 2. The number of carbonyl (C=O) groups excluding carboxylic acids is 1. The molecule has 0 saturated carbocycles. The van der Waals surface area contributed by atoms with Gasteiger partial charge in [0.2, 0.25) is 0 Å². The van der Waals surface area contributed by atoms with Crippen molar-refractivity contribution in [2.75, 3.05) is 31.1 Å². The lowest BCUT2D eigenvalue weighted by Gasteiger charge is -2.35. The van der Waals surface area contributed by atoms with Crippen LogP contribution in [0.4, 0.5) is 5.69 Å². The van der Waals surface area contributed by atoms with Gasteiger partial charge >= 0.3 is 0 Å². The van der Waals surface area contributed by atoms with Gasteiger partial charge in [-0.3, -0.25) is 14.5 Å². The summed E-state index contributed by atoms with van der Waals surface area (Å²) in [6, 6.07) is 12.9. The summed E-state index contributed by atoms with van der Waals surface area (Å²) < 4.78 is 0. The Hall–Kier alpha value is -2.70. The van der Waals surface area contributed by atoms with Gasteiger partial charge in [0.1, 0.15) is 5.82 Å². The van der Waals surface area contributed by atoms with Crippen LogP contribution in [0.5, 0.6) is 0 Å². The molecule has 3 aromatic rings. The summed E-state index contributed by atoms with van der Waals surface area (Å²) in [6.07, 6.45) is 0. The predicted octanol–water partition coefficient (Wildman–Crippen LogP) is 3.10. The number of aromatic amines is 1. The average Bonchev–Trinajstić information content (AvgIpc) is 2.68. The maximum atomic E-state index is 12.3. The second-order valence-electron chi connectivity index (χ2n) is 7.04. The van der Waals surface area contributed by atoms with Crippen molar-refractivity contribution in [2.45, 2.75) is 13.5 Å². The van der Waals surface area contributed by atoms with Crippen LogP contribution in [0, 0.1) is 0 Å².